The van der Waals surface area contributed by atoms with Crippen LogP contribution in [-0.4, -0.2) is 51.5 Å². The van der Waals surface area contributed by atoms with Crippen LogP contribution in [0.3, 0.4) is 0 Å². The van der Waals surface area contributed by atoms with Gasteiger partial charge in [-0.25, -0.2) is 0 Å². The Morgan fingerprint density at radius 3 is 2.75 bits per heavy atom. The lowest BCUT2D eigenvalue weighted by Crippen LogP contribution is -2.36. The zero-order valence-electron chi connectivity index (χ0n) is 11.6. The highest BCUT2D eigenvalue weighted by molar-refractivity contribution is 5.77. The molecule has 0 unspecified atom stereocenters. The number of carbonyl (C=O) groups excluding carboxylic acids is 1. The van der Waals surface area contributed by atoms with E-state index in [9.17, 15) is 4.79 Å². The third-order valence-corrected chi connectivity index (χ3v) is 2.77. The summed E-state index contributed by atoms with van der Waals surface area (Å²) in [6.45, 7) is 1.28. The van der Waals surface area contributed by atoms with Gasteiger partial charge in [0.05, 0.1) is 18.8 Å². The predicted octanol–water partition coefficient (Wildman–Crippen LogP) is 0.555. The molecule has 0 spiro atoms. The molecule has 0 atom stereocenters. The van der Waals surface area contributed by atoms with Crippen molar-refractivity contribution >= 4 is 5.91 Å². The second kappa shape index (κ2) is 6.76. The van der Waals surface area contributed by atoms with Crippen molar-refractivity contribution < 1.29 is 9.32 Å². The third kappa shape index (κ3) is 4.13. The van der Waals surface area contributed by atoms with Gasteiger partial charge < -0.3 is 9.42 Å². The molecule has 2 aromatic heterocycles. The number of aromatic nitrogens is 3. The van der Waals surface area contributed by atoms with Gasteiger partial charge in [0.2, 0.25) is 12.3 Å². The van der Waals surface area contributed by atoms with E-state index in [0.29, 0.717) is 25.5 Å². The monoisotopic (exact) mass is 275 g/mol. The smallest absolute Gasteiger partial charge is 0.236 e. The van der Waals surface area contributed by atoms with Crippen LogP contribution in [0.2, 0.25) is 0 Å². The minimum atomic E-state index is -0.00627. The molecule has 0 N–H and O–H groups in total. The lowest BCUT2D eigenvalue weighted by Gasteiger charge is -2.20. The van der Waals surface area contributed by atoms with Crippen LogP contribution < -0.4 is 0 Å². The van der Waals surface area contributed by atoms with Gasteiger partial charge >= 0.3 is 0 Å². The van der Waals surface area contributed by atoms with E-state index in [1.54, 1.807) is 18.1 Å². The van der Waals surface area contributed by atoms with Gasteiger partial charge in [0, 0.05) is 19.8 Å². The number of pyridine rings is 1. The molecule has 0 aliphatic rings. The van der Waals surface area contributed by atoms with Gasteiger partial charge in [0.1, 0.15) is 0 Å². The van der Waals surface area contributed by atoms with Crippen LogP contribution in [0, 0.1) is 0 Å². The molecule has 0 fully saturated rings. The fourth-order valence-electron chi connectivity index (χ4n) is 1.74. The molecule has 106 valence electrons. The van der Waals surface area contributed by atoms with Crippen molar-refractivity contribution in [3.05, 3.63) is 42.3 Å². The fourth-order valence-corrected chi connectivity index (χ4v) is 1.74. The van der Waals surface area contributed by atoms with Gasteiger partial charge in [-0.3, -0.25) is 14.7 Å². The zero-order valence-corrected chi connectivity index (χ0v) is 11.6. The van der Waals surface area contributed by atoms with E-state index in [-0.39, 0.29) is 5.91 Å². The van der Waals surface area contributed by atoms with E-state index < -0.39 is 0 Å². The van der Waals surface area contributed by atoms with Gasteiger partial charge in [0.15, 0.2) is 5.82 Å². The first-order valence-electron chi connectivity index (χ1n) is 6.23. The molecular weight excluding hydrogens is 258 g/mol. The maximum absolute atomic E-state index is 12.0. The Hall–Kier alpha value is -2.28. The van der Waals surface area contributed by atoms with Gasteiger partial charge in [-0.15, -0.1) is 0 Å². The molecule has 2 heterocycles. The van der Waals surface area contributed by atoms with Crippen molar-refractivity contribution in [2.45, 2.75) is 13.1 Å². The van der Waals surface area contributed by atoms with E-state index in [0.717, 1.165) is 5.69 Å². The van der Waals surface area contributed by atoms with Crippen molar-refractivity contribution in [1.82, 2.24) is 24.9 Å². The molecule has 2 rings (SSSR count). The summed E-state index contributed by atoms with van der Waals surface area (Å²) in [4.78, 5) is 23.7. The number of amides is 1. The van der Waals surface area contributed by atoms with E-state index >= 15 is 0 Å². The molecule has 0 saturated heterocycles. The van der Waals surface area contributed by atoms with E-state index in [1.165, 1.54) is 6.39 Å². The topological polar surface area (TPSA) is 75.4 Å². The SMILES string of the molecule is CN(CC(=O)N(C)Cc1ncon1)Cc1ccccn1. The lowest BCUT2D eigenvalue weighted by molar-refractivity contribution is -0.131. The standard InChI is InChI=1S/C13H17N5O2/c1-17(7-11-5-3-4-6-14-11)9-13(19)18(2)8-12-15-10-20-16-12/h3-6,10H,7-9H2,1-2H3. The van der Waals surface area contributed by atoms with Gasteiger partial charge in [-0.05, 0) is 19.2 Å². The Balaban J connectivity index is 1.81. The second-order valence-electron chi connectivity index (χ2n) is 4.59. The number of rotatable bonds is 6. The van der Waals surface area contributed by atoms with Crippen LogP contribution in [-0.2, 0) is 17.9 Å². The van der Waals surface area contributed by atoms with E-state index in [2.05, 4.69) is 19.6 Å². The van der Waals surface area contributed by atoms with Crippen molar-refractivity contribution in [3.8, 4) is 0 Å². The first kappa shape index (κ1) is 14.1. The van der Waals surface area contributed by atoms with Gasteiger partial charge in [0.25, 0.3) is 0 Å². The summed E-state index contributed by atoms with van der Waals surface area (Å²) in [6.07, 6.45) is 2.99. The highest BCUT2D eigenvalue weighted by Crippen LogP contribution is 2.01. The number of likely N-dealkylation sites (N-methyl/N-ethyl adjacent to an activating group) is 2. The number of nitrogens with zero attached hydrogens (tertiary/aromatic N) is 5. The number of carbonyl (C=O) groups is 1. The zero-order chi connectivity index (χ0) is 14.4. The Bertz CT molecular complexity index is 529. The Morgan fingerprint density at radius 1 is 1.25 bits per heavy atom. The third-order valence-electron chi connectivity index (χ3n) is 2.77. The quantitative estimate of drug-likeness (QED) is 0.766. The Kier molecular flexibility index (Phi) is 4.78. The average molecular weight is 275 g/mol. The minimum absolute atomic E-state index is 0.00627. The molecule has 2 aromatic rings. The fraction of sp³-hybridized carbons (Fsp3) is 0.385. The van der Waals surface area contributed by atoms with Gasteiger partial charge in [-0.2, -0.15) is 4.98 Å². The molecule has 1 amide bonds. The van der Waals surface area contributed by atoms with Crippen LogP contribution in [0.4, 0.5) is 0 Å². The molecule has 7 nitrogen and oxygen atoms in total. The van der Waals surface area contributed by atoms with Crippen molar-refractivity contribution in [3.63, 3.8) is 0 Å². The summed E-state index contributed by atoms with van der Waals surface area (Å²) in [5.41, 5.74) is 0.934. The first-order chi connectivity index (χ1) is 9.65. The highest BCUT2D eigenvalue weighted by atomic mass is 16.5. The molecular formula is C13H17N5O2. The molecule has 20 heavy (non-hydrogen) atoms. The van der Waals surface area contributed by atoms with Crippen LogP contribution in [0.15, 0.2) is 35.3 Å². The van der Waals surface area contributed by atoms with Crippen LogP contribution in [0.25, 0.3) is 0 Å². The summed E-state index contributed by atoms with van der Waals surface area (Å²) in [5.74, 6) is 0.487. The van der Waals surface area contributed by atoms with Crippen LogP contribution >= 0.6 is 0 Å². The van der Waals surface area contributed by atoms with Crippen molar-refractivity contribution in [2.24, 2.45) is 0 Å². The van der Waals surface area contributed by atoms with Crippen LogP contribution in [0.5, 0.6) is 0 Å². The molecule has 7 heteroatoms. The van der Waals surface area contributed by atoms with E-state index in [1.807, 2.05) is 30.1 Å². The van der Waals surface area contributed by atoms with Gasteiger partial charge in [-0.1, -0.05) is 11.2 Å². The summed E-state index contributed by atoms with van der Waals surface area (Å²) in [6, 6.07) is 5.73. The highest BCUT2D eigenvalue weighted by Gasteiger charge is 2.14. The summed E-state index contributed by atoms with van der Waals surface area (Å²) < 4.78 is 4.64. The molecule has 0 aliphatic heterocycles. The minimum Gasteiger partial charge on any atom is -0.343 e. The maximum atomic E-state index is 12.0. The normalized spacial score (nSPS) is 10.8. The summed E-state index contributed by atoms with van der Waals surface area (Å²) in [7, 11) is 3.60. The van der Waals surface area contributed by atoms with Crippen LogP contribution in [0.1, 0.15) is 11.5 Å². The molecule has 0 saturated carbocycles. The summed E-state index contributed by atoms with van der Waals surface area (Å²) >= 11 is 0. The first-order valence-corrected chi connectivity index (χ1v) is 6.23. The lowest BCUT2D eigenvalue weighted by atomic mass is 10.3. The summed E-state index contributed by atoms with van der Waals surface area (Å²) in [5, 5.41) is 3.68. The van der Waals surface area contributed by atoms with Crippen molar-refractivity contribution in [2.75, 3.05) is 20.6 Å². The molecule has 0 bridgehead atoms. The predicted molar refractivity (Wildman–Crippen MR) is 71.3 cm³/mol. The largest absolute Gasteiger partial charge is 0.343 e. The maximum Gasteiger partial charge on any atom is 0.236 e. The number of hydrogen-bond donors (Lipinski definition) is 0. The molecule has 0 aromatic carbocycles. The van der Waals surface area contributed by atoms with E-state index in [4.69, 9.17) is 0 Å². The number of hydrogen-bond acceptors (Lipinski definition) is 6. The Labute approximate surface area is 117 Å². The molecule has 0 radical (unpaired) electrons. The molecule has 0 aliphatic carbocycles. The second-order valence-corrected chi connectivity index (χ2v) is 4.59. The Morgan fingerprint density at radius 2 is 2.10 bits per heavy atom. The average Bonchev–Trinajstić information content (AvgIpc) is 2.92. The van der Waals surface area contributed by atoms with Crippen molar-refractivity contribution in [1.29, 1.82) is 0 Å².